The zero-order valence-corrected chi connectivity index (χ0v) is 11.5. The molecular formula is C15H28N2O. The van der Waals surface area contributed by atoms with E-state index in [1.54, 1.807) is 0 Å². The Hall–Kier alpha value is -0.120. The second kappa shape index (κ2) is 5.89. The van der Waals surface area contributed by atoms with Gasteiger partial charge in [-0.2, -0.15) is 0 Å². The standard InChI is InChI=1S/C15H28N2O/c16-13-9-14-3-1-4-15(10-13)17(14)7-2-8-18-11-12-5-6-12/h12-15H,1-11,16H2. The van der Waals surface area contributed by atoms with Crippen molar-refractivity contribution in [1.29, 1.82) is 0 Å². The largest absolute Gasteiger partial charge is 0.381 e. The molecule has 2 N–H and O–H groups in total. The lowest BCUT2D eigenvalue weighted by Crippen LogP contribution is -2.55. The van der Waals surface area contributed by atoms with E-state index in [4.69, 9.17) is 10.5 Å². The van der Waals surface area contributed by atoms with E-state index in [-0.39, 0.29) is 0 Å². The first-order chi connectivity index (χ1) is 8.83. The molecule has 2 heterocycles. The fourth-order valence-electron chi connectivity index (χ4n) is 3.77. The molecule has 0 amide bonds. The number of hydrogen-bond donors (Lipinski definition) is 1. The maximum atomic E-state index is 6.15. The monoisotopic (exact) mass is 252 g/mol. The molecule has 3 rings (SSSR count). The SMILES string of the molecule is NC1CC2CCCC(C1)N2CCCOCC1CC1. The van der Waals surface area contributed by atoms with Gasteiger partial charge in [0, 0.05) is 37.9 Å². The number of nitrogens with two attached hydrogens (primary N) is 1. The van der Waals surface area contributed by atoms with Crippen LogP contribution in [-0.2, 0) is 4.74 Å². The summed E-state index contributed by atoms with van der Waals surface area (Å²) in [4.78, 5) is 2.74. The van der Waals surface area contributed by atoms with Gasteiger partial charge in [0.15, 0.2) is 0 Å². The Morgan fingerprint density at radius 1 is 1.06 bits per heavy atom. The summed E-state index contributed by atoms with van der Waals surface area (Å²) in [6, 6.07) is 2.01. The lowest BCUT2D eigenvalue weighted by atomic mass is 9.82. The first-order valence-corrected chi connectivity index (χ1v) is 7.92. The lowest BCUT2D eigenvalue weighted by Gasteiger charge is -2.48. The summed E-state index contributed by atoms with van der Waals surface area (Å²) in [5.41, 5.74) is 6.15. The van der Waals surface area contributed by atoms with Crippen LogP contribution in [0.3, 0.4) is 0 Å². The van der Waals surface area contributed by atoms with Crippen molar-refractivity contribution in [3.8, 4) is 0 Å². The predicted molar refractivity (Wildman–Crippen MR) is 73.5 cm³/mol. The van der Waals surface area contributed by atoms with Gasteiger partial charge in [0.25, 0.3) is 0 Å². The van der Waals surface area contributed by atoms with Crippen molar-refractivity contribution < 1.29 is 4.74 Å². The highest BCUT2D eigenvalue weighted by Crippen LogP contribution is 2.33. The summed E-state index contributed by atoms with van der Waals surface area (Å²) in [5.74, 6) is 0.900. The zero-order valence-electron chi connectivity index (χ0n) is 11.5. The highest BCUT2D eigenvalue weighted by atomic mass is 16.5. The van der Waals surface area contributed by atoms with Gasteiger partial charge < -0.3 is 10.5 Å². The fourth-order valence-corrected chi connectivity index (χ4v) is 3.77. The van der Waals surface area contributed by atoms with Crippen LogP contribution in [0.5, 0.6) is 0 Å². The minimum absolute atomic E-state index is 0.461. The van der Waals surface area contributed by atoms with Crippen LogP contribution in [0.15, 0.2) is 0 Å². The van der Waals surface area contributed by atoms with Crippen LogP contribution in [0.2, 0.25) is 0 Å². The van der Waals surface area contributed by atoms with Crippen LogP contribution < -0.4 is 5.73 Å². The fraction of sp³-hybridized carbons (Fsp3) is 1.00. The van der Waals surface area contributed by atoms with Gasteiger partial charge in [-0.3, -0.25) is 4.90 Å². The molecule has 0 aromatic carbocycles. The van der Waals surface area contributed by atoms with E-state index in [9.17, 15) is 0 Å². The molecule has 18 heavy (non-hydrogen) atoms. The summed E-state index contributed by atoms with van der Waals surface area (Å²) in [7, 11) is 0. The summed E-state index contributed by atoms with van der Waals surface area (Å²) in [5, 5.41) is 0. The average Bonchev–Trinajstić information content (AvgIpc) is 3.13. The molecule has 2 unspecified atom stereocenters. The van der Waals surface area contributed by atoms with Gasteiger partial charge >= 0.3 is 0 Å². The normalized spacial score (nSPS) is 36.8. The highest BCUT2D eigenvalue weighted by Gasteiger charge is 2.36. The number of hydrogen-bond acceptors (Lipinski definition) is 3. The van der Waals surface area contributed by atoms with E-state index in [1.165, 1.54) is 57.9 Å². The molecule has 0 radical (unpaired) electrons. The third-order valence-corrected chi connectivity index (χ3v) is 4.92. The maximum absolute atomic E-state index is 6.15. The van der Waals surface area contributed by atoms with Gasteiger partial charge in [0.2, 0.25) is 0 Å². The summed E-state index contributed by atoms with van der Waals surface area (Å²) >= 11 is 0. The Morgan fingerprint density at radius 3 is 2.44 bits per heavy atom. The van der Waals surface area contributed by atoms with Crippen LogP contribution in [0.4, 0.5) is 0 Å². The Kier molecular flexibility index (Phi) is 4.22. The maximum Gasteiger partial charge on any atom is 0.0494 e. The Morgan fingerprint density at radius 2 is 1.78 bits per heavy atom. The van der Waals surface area contributed by atoms with Crippen LogP contribution in [0.25, 0.3) is 0 Å². The van der Waals surface area contributed by atoms with Crippen molar-refractivity contribution in [3.05, 3.63) is 0 Å². The Balaban J connectivity index is 1.38. The summed E-state index contributed by atoms with van der Waals surface area (Å²) in [6.45, 7) is 3.20. The molecule has 0 aromatic heterocycles. The molecule has 0 spiro atoms. The van der Waals surface area contributed by atoms with Gasteiger partial charge in [-0.1, -0.05) is 6.42 Å². The highest BCUT2D eigenvalue weighted by molar-refractivity contribution is 4.93. The van der Waals surface area contributed by atoms with Crippen LogP contribution in [-0.4, -0.2) is 42.8 Å². The number of fused-ring (bicyclic) bond motifs is 2. The molecule has 3 aliphatic rings. The molecule has 0 aromatic rings. The Labute approximate surface area is 111 Å². The first kappa shape index (κ1) is 12.9. The van der Waals surface area contributed by atoms with Gasteiger partial charge in [-0.15, -0.1) is 0 Å². The molecule has 1 aliphatic carbocycles. The second-order valence-electron chi connectivity index (χ2n) is 6.58. The number of piperidine rings is 2. The topological polar surface area (TPSA) is 38.5 Å². The molecule has 2 atom stereocenters. The summed E-state index contributed by atoms with van der Waals surface area (Å²) < 4.78 is 5.74. The van der Waals surface area contributed by atoms with Crippen molar-refractivity contribution in [2.75, 3.05) is 19.8 Å². The molecule has 2 aliphatic heterocycles. The number of ether oxygens (including phenoxy) is 1. The number of nitrogens with zero attached hydrogens (tertiary/aromatic N) is 1. The van der Waals surface area contributed by atoms with E-state index >= 15 is 0 Å². The minimum atomic E-state index is 0.461. The number of rotatable bonds is 6. The van der Waals surface area contributed by atoms with Gasteiger partial charge in [0.05, 0.1) is 0 Å². The molecule has 1 saturated carbocycles. The second-order valence-corrected chi connectivity index (χ2v) is 6.58. The van der Waals surface area contributed by atoms with Crippen molar-refractivity contribution in [2.45, 2.75) is 69.5 Å². The molecule has 104 valence electrons. The van der Waals surface area contributed by atoms with E-state index in [2.05, 4.69) is 4.90 Å². The van der Waals surface area contributed by atoms with E-state index in [0.717, 1.165) is 31.2 Å². The van der Waals surface area contributed by atoms with Crippen molar-refractivity contribution in [2.24, 2.45) is 11.7 Å². The molecule has 3 heteroatoms. The van der Waals surface area contributed by atoms with E-state index in [1.807, 2.05) is 0 Å². The molecule has 3 fully saturated rings. The van der Waals surface area contributed by atoms with Crippen molar-refractivity contribution >= 4 is 0 Å². The van der Waals surface area contributed by atoms with E-state index < -0.39 is 0 Å². The van der Waals surface area contributed by atoms with Crippen LogP contribution >= 0.6 is 0 Å². The molecule has 3 nitrogen and oxygen atoms in total. The average molecular weight is 252 g/mol. The minimum Gasteiger partial charge on any atom is -0.381 e. The van der Waals surface area contributed by atoms with Gasteiger partial charge in [-0.05, 0) is 50.9 Å². The molecule has 2 bridgehead atoms. The van der Waals surface area contributed by atoms with Gasteiger partial charge in [-0.25, -0.2) is 0 Å². The van der Waals surface area contributed by atoms with E-state index in [0.29, 0.717) is 6.04 Å². The first-order valence-electron chi connectivity index (χ1n) is 7.92. The third kappa shape index (κ3) is 3.25. The predicted octanol–water partition coefficient (Wildman–Crippen LogP) is 2.15. The van der Waals surface area contributed by atoms with Crippen molar-refractivity contribution in [1.82, 2.24) is 4.90 Å². The molecular weight excluding hydrogens is 224 g/mol. The summed E-state index contributed by atoms with van der Waals surface area (Å²) in [6.07, 6.45) is 10.6. The third-order valence-electron chi connectivity index (χ3n) is 4.92. The lowest BCUT2D eigenvalue weighted by molar-refractivity contribution is 0.0211. The van der Waals surface area contributed by atoms with Gasteiger partial charge in [0.1, 0.15) is 0 Å². The smallest absolute Gasteiger partial charge is 0.0494 e. The van der Waals surface area contributed by atoms with Crippen LogP contribution in [0.1, 0.15) is 51.4 Å². The van der Waals surface area contributed by atoms with Crippen LogP contribution in [0, 0.1) is 5.92 Å². The Bertz CT molecular complexity index is 253. The van der Waals surface area contributed by atoms with Crippen molar-refractivity contribution in [3.63, 3.8) is 0 Å². The zero-order chi connectivity index (χ0) is 12.4. The quantitative estimate of drug-likeness (QED) is 0.736. The molecule has 2 saturated heterocycles.